The molecule has 1 fully saturated rings. The number of piperidine rings is 1. The fraction of sp³-hybridized carbons (Fsp3) is 0.583. The van der Waals surface area contributed by atoms with Gasteiger partial charge < -0.3 is 15.6 Å². The van der Waals surface area contributed by atoms with E-state index < -0.39 is 17.2 Å². The van der Waals surface area contributed by atoms with Crippen LogP contribution in [0.15, 0.2) is 15.8 Å². The van der Waals surface area contributed by atoms with E-state index in [2.05, 4.69) is 15.6 Å². The molecule has 1 aliphatic rings. The molecule has 1 saturated heterocycles. The molecule has 2 heterocycles. The van der Waals surface area contributed by atoms with Gasteiger partial charge in [-0.15, -0.1) is 0 Å². The van der Waals surface area contributed by atoms with Gasteiger partial charge >= 0.3 is 5.69 Å². The van der Waals surface area contributed by atoms with Gasteiger partial charge in [0.25, 0.3) is 11.5 Å². The fourth-order valence-electron chi connectivity index (χ4n) is 2.23. The maximum atomic E-state index is 11.7. The van der Waals surface area contributed by atoms with Crippen LogP contribution in [-0.4, -0.2) is 35.5 Å². The largest absolute Gasteiger partial charge is 0.352 e. The molecule has 1 aromatic rings. The third-order valence-electron chi connectivity index (χ3n) is 3.30. The van der Waals surface area contributed by atoms with E-state index in [0.29, 0.717) is 12.5 Å². The van der Waals surface area contributed by atoms with E-state index >= 15 is 0 Å². The van der Waals surface area contributed by atoms with Crippen LogP contribution in [0.3, 0.4) is 0 Å². The fourth-order valence-corrected chi connectivity index (χ4v) is 2.23. The number of aromatic amines is 2. The van der Waals surface area contributed by atoms with Crippen LogP contribution >= 0.6 is 0 Å². The summed E-state index contributed by atoms with van der Waals surface area (Å²) in [6.07, 6.45) is 4.36. The lowest BCUT2D eigenvalue weighted by atomic mass is 9.96. The summed E-state index contributed by atoms with van der Waals surface area (Å²) in [7, 11) is 0. The van der Waals surface area contributed by atoms with Crippen LogP contribution in [0.2, 0.25) is 0 Å². The zero-order valence-electron chi connectivity index (χ0n) is 10.6. The number of hydrogen-bond donors (Lipinski definition) is 4. The van der Waals surface area contributed by atoms with Crippen LogP contribution in [-0.2, 0) is 0 Å². The highest BCUT2D eigenvalue weighted by Crippen LogP contribution is 2.12. The maximum Gasteiger partial charge on any atom is 0.325 e. The zero-order valence-corrected chi connectivity index (χ0v) is 10.6. The van der Waals surface area contributed by atoms with Gasteiger partial charge in [-0.2, -0.15) is 0 Å². The van der Waals surface area contributed by atoms with E-state index in [0.717, 1.165) is 32.1 Å². The van der Waals surface area contributed by atoms with E-state index in [4.69, 9.17) is 0 Å². The minimum atomic E-state index is -0.666. The van der Waals surface area contributed by atoms with Gasteiger partial charge in [-0.1, -0.05) is 0 Å². The Bertz CT molecular complexity index is 542. The summed E-state index contributed by atoms with van der Waals surface area (Å²) in [5.74, 6) is 0.115. The van der Waals surface area contributed by atoms with Gasteiger partial charge in [0.15, 0.2) is 0 Å². The summed E-state index contributed by atoms with van der Waals surface area (Å²) >= 11 is 0. The van der Waals surface area contributed by atoms with Crippen molar-refractivity contribution in [1.82, 2.24) is 20.6 Å². The van der Waals surface area contributed by atoms with Crippen LogP contribution in [0.5, 0.6) is 0 Å². The van der Waals surface area contributed by atoms with Crippen molar-refractivity contribution in [3.63, 3.8) is 0 Å². The van der Waals surface area contributed by atoms with Crippen molar-refractivity contribution in [2.75, 3.05) is 19.6 Å². The summed E-state index contributed by atoms with van der Waals surface area (Å²) in [5.41, 5.74) is -1.35. The molecule has 1 aromatic heterocycles. The van der Waals surface area contributed by atoms with Gasteiger partial charge in [-0.3, -0.25) is 14.6 Å². The van der Waals surface area contributed by atoms with Crippen molar-refractivity contribution in [2.45, 2.75) is 19.3 Å². The molecule has 19 heavy (non-hydrogen) atoms. The van der Waals surface area contributed by atoms with Gasteiger partial charge in [-0.05, 0) is 38.3 Å². The number of nitrogens with one attached hydrogen (secondary N) is 4. The Labute approximate surface area is 109 Å². The lowest BCUT2D eigenvalue weighted by molar-refractivity contribution is 0.0948. The number of rotatable bonds is 4. The van der Waals surface area contributed by atoms with E-state index in [9.17, 15) is 14.4 Å². The zero-order chi connectivity index (χ0) is 13.7. The summed E-state index contributed by atoms with van der Waals surface area (Å²) in [6, 6.07) is 0. The van der Waals surface area contributed by atoms with Crippen LogP contribution in [0.1, 0.15) is 29.6 Å². The molecule has 0 saturated carbocycles. The van der Waals surface area contributed by atoms with Gasteiger partial charge in [0.05, 0.1) is 0 Å². The first-order chi connectivity index (χ1) is 9.16. The standard InChI is InChI=1S/C12H18N4O3/c17-10(9-7-15-12(19)16-11(9)18)14-5-3-8-2-1-4-13-6-8/h7-8,13H,1-6H2,(H,14,17)(H2,15,16,18,19). The number of amides is 1. The van der Waals surface area contributed by atoms with Gasteiger partial charge in [0, 0.05) is 12.7 Å². The van der Waals surface area contributed by atoms with Crippen molar-refractivity contribution in [2.24, 2.45) is 5.92 Å². The lowest BCUT2D eigenvalue weighted by Gasteiger charge is -2.22. The summed E-state index contributed by atoms with van der Waals surface area (Å²) in [6.45, 7) is 2.58. The van der Waals surface area contributed by atoms with Crippen LogP contribution < -0.4 is 21.9 Å². The second-order valence-electron chi connectivity index (χ2n) is 4.74. The van der Waals surface area contributed by atoms with Crippen LogP contribution in [0, 0.1) is 5.92 Å². The summed E-state index contributed by atoms with van der Waals surface area (Å²) in [4.78, 5) is 38.3. The molecule has 1 unspecified atom stereocenters. The average molecular weight is 266 g/mol. The normalized spacial score (nSPS) is 19.1. The summed E-state index contributed by atoms with van der Waals surface area (Å²) in [5, 5.41) is 6.01. The topological polar surface area (TPSA) is 107 Å². The molecule has 0 aliphatic carbocycles. The Balaban J connectivity index is 1.83. The molecule has 2 rings (SSSR count). The number of carbonyl (C=O) groups is 1. The van der Waals surface area contributed by atoms with Crippen molar-refractivity contribution in [1.29, 1.82) is 0 Å². The first kappa shape index (κ1) is 13.5. The SMILES string of the molecule is O=C(NCCC1CCCNC1)c1c[nH]c(=O)[nH]c1=O. The molecule has 7 nitrogen and oxygen atoms in total. The Hall–Kier alpha value is -1.89. The molecule has 7 heteroatoms. The Morgan fingerprint density at radius 3 is 2.95 bits per heavy atom. The first-order valence-corrected chi connectivity index (χ1v) is 6.48. The lowest BCUT2D eigenvalue weighted by Crippen LogP contribution is -2.36. The minimum absolute atomic E-state index is 0.0682. The average Bonchev–Trinajstić information content (AvgIpc) is 2.39. The van der Waals surface area contributed by atoms with Crippen molar-refractivity contribution in [3.05, 3.63) is 32.6 Å². The monoisotopic (exact) mass is 266 g/mol. The van der Waals surface area contributed by atoms with Crippen molar-refractivity contribution in [3.8, 4) is 0 Å². The van der Waals surface area contributed by atoms with Gasteiger partial charge in [0.1, 0.15) is 5.56 Å². The van der Waals surface area contributed by atoms with Gasteiger partial charge in [-0.25, -0.2) is 4.79 Å². The van der Waals surface area contributed by atoms with Crippen molar-refractivity contribution >= 4 is 5.91 Å². The van der Waals surface area contributed by atoms with E-state index in [-0.39, 0.29) is 5.56 Å². The highest BCUT2D eigenvalue weighted by Gasteiger charge is 2.14. The smallest absolute Gasteiger partial charge is 0.325 e. The molecule has 1 aliphatic heterocycles. The molecule has 0 aromatic carbocycles. The van der Waals surface area contributed by atoms with Crippen LogP contribution in [0.4, 0.5) is 0 Å². The number of hydrogen-bond acceptors (Lipinski definition) is 4. The molecular weight excluding hydrogens is 248 g/mol. The quantitative estimate of drug-likeness (QED) is 0.571. The third-order valence-corrected chi connectivity index (χ3v) is 3.30. The number of aromatic nitrogens is 2. The van der Waals surface area contributed by atoms with Crippen LogP contribution in [0.25, 0.3) is 0 Å². The Morgan fingerprint density at radius 1 is 1.42 bits per heavy atom. The second-order valence-corrected chi connectivity index (χ2v) is 4.74. The predicted octanol–water partition coefficient (Wildman–Crippen LogP) is -0.817. The van der Waals surface area contributed by atoms with E-state index in [1.807, 2.05) is 4.98 Å². The number of carbonyl (C=O) groups excluding carboxylic acids is 1. The predicted molar refractivity (Wildman–Crippen MR) is 70.2 cm³/mol. The van der Waals surface area contributed by atoms with E-state index in [1.54, 1.807) is 0 Å². The third kappa shape index (κ3) is 3.78. The van der Waals surface area contributed by atoms with Gasteiger partial charge in [0.2, 0.25) is 0 Å². The summed E-state index contributed by atoms with van der Waals surface area (Å²) < 4.78 is 0. The maximum absolute atomic E-state index is 11.7. The first-order valence-electron chi connectivity index (χ1n) is 6.48. The Morgan fingerprint density at radius 2 is 2.26 bits per heavy atom. The van der Waals surface area contributed by atoms with Crippen molar-refractivity contribution < 1.29 is 4.79 Å². The molecule has 1 amide bonds. The molecule has 104 valence electrons. The minimum Gasteiger partial charge on any atom is -0.352 e. The van der Waals surface area contributed by atoms with E-state index in [1.165, 1.54) is 6.42 Å². The highest BCUT2D eigenvalue weighted by atomic mass is 16.2. The highest BCUT2D eigenvalue weighted by molar-refractivity contribution is 5.93. The molecule has 4 N–H and O–H groups in total. The Kier molecular flexibility index (Phi) is 4.51. The second kappa shape index (κ2) is 6.33. The molecule has 0 radical (unpaired) electrons. The molecule has 0 bridgehead atoms. The number of H-pyrrole nitrogens is 2. The molecular formula is C12H18N4O3. The molecule has 1 atom stereocenters. The molecule has 0 spiro atoms.